The summed E-state index contributed by atoms with van der Waals surface area (Å²) in [6, 6.07) is 34.8. The molecule has 0 aromatic heterocycles. The molecule has 4 rings (SSSR count). The second-order valence-corrected chi connectivity index (χ2v) is 4.51. The molecule has 0 saturated carbocycles. The van der Waals surface area contributed by atoms with Gasteiger partial charge in [-0.2, -0.15) is 35.4 Å². The Hall–Kier alpha value is -1.27. The quantitative estimate of drug-likeness (QED) is 0.299. The van der Waals surface area contributed by atoms with E-state index in [1.807, 2.05) is 48.5 Å². The van der Waals surface area contributed by atoms with Crippen LogP contribution in [0.5, 0.6) is 0 Å². The van der Waals surface area contributed by atoms with E-state index < -0.39 is 0 Å². The van der Waals surface area contributed by atoms with Crippen molar-refractivity contribution in [3.63, 3.8) is 0 Å². The number of hydrogen-bond acceptors (Lipinski definition) is 0. The summed E-state index contributed by atoms with van der Waals surface area (Å²) in [4.78, 5) is 0. The maximum absolute atomic E-state index is 3.34. The SMILES string of the molecule is Cl.Cl.[CH2]=[Zr+2].[c-]1ccc2cccccc1-2.[c-]1ccc2cccccc1-2. The Morgan fingerprint density at radius 1 is 0.542 bits per heavy atom. The van der Waals surface area contributed by atoms with Crippen LogP contribution in [-0.2, 0) is 24.2 Å². The summed E-state index contributed by atoms with van der Waals surface area (Å²) in [6.07, 6.45) is 0. The van der Waals surface area contributed by atoms with Gasteiger partial charge in [-0.25, -0.2) is 0 Å². The van der Waals surface area contributed by atoms with E-state index in [0.29, 0.717) is 0 Å². The average molecular weight is 433 g/mol. The molecule has 0 unspecified atom stereocenters. The monoisotopic (exact) mass is 430 g/mol. The summed E-state index contributed by atoms with van der Waals surface area (Å²) in [6.45, 7) is 0. The van der Waals surface area contributed by atoms with Gasteiger partial charge >= 0.3 is 28.4 Å². The Kier molecular flexibility index (Phi) is 12.4. The van der Waals surface area contributed by atoms with E-state index in [1.54, 1.807) is 0 Å². The molecule has 4 aliphatic rings. The summed E-state index contributed by atoms with van der Waals surface area (Å²) in [5.41, 5.74) is 4.88. The van der Waals surface area contributed by atoms with Gasteiger partial charge < -0.3 is 0 Å². The van der Waals surface area contributed by atoms with Crippen LogP contribution < -0.4 is 0 Å². The number of hydrogen-bond donors (Lipinski definition) is 0. The standard InChI is InChI=1S/2C10H7.CH2.2ClH.Zr/c2*1-2-5-9-7-4-8-10(9)6-3-1;;;;/h2*1-7H;1H2;2*1H;/q2*-1;;;;+2. The van der Waals surface area contributed by atoms with Gasteiger partial charge in [0.15, 0.2) is 0 Å². The molecule has 0 atom stereocenters. The summed E-state index contributed by atoms with van der Waals surface area (Å²) < 4.78 is 3.34. The fraction of sp³-hybridized carbons (Fsp3) is 0. The molecular formula is C21H18Cl2Zr. The molecule has 0 N–H and O–H groups in total. The van der Waals surface area contributed by atoms with Crippen molar-refractivity contribution in [1.29, 1.82) is 0 Å². The zero-order chi connectivity index (χ0) is 15.6. The van der Waals surface area contributed by atoms with E-state index in [0.717, 1.165) is 0 Å². The molecule has 0 aromatic rings. The van der Waals surface area contributed by atoms with Crippen molar-refractivity contribution >= 4 is 29.0 Å². The van der Waals surface area contributed by atoms with Gasteiger partial charge in [-0.15, -0.1) is 84.5 Å². The minimum atomic E-state index is 0. The molecule has 0 radical (unpaired) electrons. The first-order valence-corrected chi connectivity index (χ1v) is 8.73. The predicted molar refractivity (Wildman–Crippen MR) is 105 cm³/mol. The van der Waals surface area contributed by atoms with Gasteiger partial charge in [0, 0.05) is 0 Å². The molecule has 0 amide bonds. The van der Waals surface area contributed by atoms with Crippen LogP contribution in [0.15, 0.2) is 84.9 Å². The number of rotatable bonds is 0. The fourth-order valence-corrected chi connectivity index (χ4v) is 2.12. The van der Waals surface area contributed by atoms with Gasteiger partial charge in [0.05, 0.1) is 0 Å². The van der Waals surface area contributed by atoms with E-state index in [-0.39, 0.29) is 24.8 Å². The van der Waals surface area contributed by atoms with E-state index in [2.05, 4.69) is 52.7 Å². The molecule has 0 bridgehead atoms. The van der Waals surface area contributed by atoms with E-state index >= 15 is 0 Å². The van der Waals surface area contributed by atoms with E-state index in [4.69, 9.17) is 0 Å². The van der Waals surface area contributed by atoms with E-state index in [9.17, 15) is 0 Å². The molecule has 120 valence electrons. The van der Waals surface area contributed by atoms with Crippen molar-refractivity contribution in [3.05, 3.63) is 97.1 Å². The Bertz CT molecular complexity index is 637. The van der Waals surface area contributed by atoms with Crippen LogP contribution in [0.3, 0.4) is 0 Å². The van der Waals surface area contributed by atoms with Gasteiger partial charge in [-0.1, -0.05) is 24.3 Å². The molecular weight excluding hydrogens is 414 g/mol. The van der Waals surface area contributed by atoms with Crippen molar-refractivity contribution < 1.29 is 24.2 Å². The molecule has 0 heterocycles. The number of fused-ring (bicyclic) bond motifs is 2. The van der Waals surface area contributed by atoms with Crippen molar-refractivity contribution in [2.24, 2.45) is 0 Å². The predicted octanol–water partition coefficient (Wildman–Crippen LogP) is 5.99. The molecule has 0 fully saturated rings. The topological polar surface area (TPSA) is 0 Å². The summed E-state index contributed by atoms with van der Waals surface area (Å²) in [7, 11) is 0. The zero-order valence-corrected chi connectivity index (χ0v) is 17.2. The molecule has 0 saturated heterocycles. The second-order valence-electron chi connectivity index (χ2n) is 4.51. The van der Waals surface area contributed by atoms with E-state index in [1.165, 1.54) is 46.5 Å². The second kappa shape index (κ2) is 13.1. The Morgan fingerprint density at radius 3 is 1.33 bits per heavy atom. The first-order valence-electron chi connectivity index (χ1n) is 7.00. The van der Waals surface area contributed by atoms with Crippen LogP contribution in [0.1, 0.15) is 0 Å². The average Bonchev–Trinajstić information content (AvgIpc) is 3.07. The van der Waals surface area contributed by atoms with Crippen LogP contribution in [0.25, 0.3) is 22.3 Å². The maximum atomic E-state index is 3.34. The van der Waals surface area contributed by atoms with Gasteiger partial charge in [0.2, 0.25) is 0 Å². The van der Waals surface area contributed by atoms with Crippen molar-refractivity contribution in [2.75, 3.05) is 0 Å². The normalized spacial score (nSPS) is 8.58. The van der Waals surface area contributed by atoms with Crippen molar-refractivity contribution in [2.45, 2.75) is 0 Å². The summed E-state index contributed by atoms with van der Waals surface area (Å²) in [5.74, 6) is 0. The van der Waals surface area contributed by atoms with Gasteiger partial charge in [0.1, 0.15) is 0 Å². The molecule has 0 aromatic carbocycles. The van der Waals surface area contributed by atoms with Crippen LogP contribution in [0.2, 0.25) is 0 Å². The van der Waals surface area contributed by atoms with Gasteiger partial charge in [-0.05, 0) is 0 Å². The van der Waals surface area contributed by atoms with Crippen molar-refractivity contribution in [3.8, 4) is 22.3 Å². The van der Waals surface area contributed by atoms with Crippen molar-refractivity contribution in [1.82, 2.24) is 0 Å². The first-order chi connectivity index (χ1) is 10.9. The number of halogens is 2. The Balaban J connectivity index is 0.000000372. The van der Waals surface area contributed by atoms with Crippen LogP contribution in [0, 0.1) is 12.1 Å². The Labute approximate surface area is 171 Å². The third-order valence-electron chi connectivity index (χ3n) is 3.15. The molecule has 4 aliphatic carbocycles. The van der Waals surface area contributed by atoms with Crippen LogP contribution in [-0.4, -0.2) is 4.21 Å². The van der Waals surface area contributed by atoms with Gasteiger partial charge in [0.25, 0.3) is 0 Å². The molecule has 0 spiro atoms. The summed E-state index contributed by atoms with van der Waals surface area (Å²) in [5, 5.41) is 0. The first kappa shape index (κ1) is 22.7. The summed E-state index contributed by atoms with van der Waals surface area (Å²) >= 11 is 1.30. The van der Waals surface area contributed by atoms with Crippen LogP contribution >= 0.6 is 24.8 Å². The maximum Gasteiger partial charge on any atom is -0.0723 e. The molecule has 0 aliphatic heterocycles. The third kappa shape index (κ3) is 6.69. The minimum absolute atomic E-state index is 0. The fourth-order valence-electron chi connectivity index (χ4n) is 2.12. The minimum Gasteiger partial charge on any atom is -0.168 e. The zero-order valence-electron chi connectivity index (χ0n) is 13.1. The molecule has 24 heavy (non-hydrogen) atoms. The molecule has 0 nitrogen and oxygen atoms in total. The van der Waals surface area contributed by atoms with Gasteiger partial charge in [-0.3, -0.25) is 0 Å². The third-order valence-corrected chi connectivity index (χ3v) is 3.15. The van der Waals surface area contributed by atoms with Crippen LogP contribution in [0.4, 0.5) is 0 Å². The Morgan fingerprint density at radius 2 is 0.917 bits per heavy atom. The smallest absolute Gasteiger partial charge is 0.0723 e. The molecule has 3 heteroatoms. The largest absolute Gasteiger partial charge is 0.168 e.